The highest BCUT2D eigenvalue weighted by atomic mass is 15.0. The minimum atomic E-state index is -0.0367. The molecule has 5 aliphatic carbocycles. The molecule has 0 bridgehead atoms. The van der Waals surface area contributed by atoms with E-state index in [0.717, 1.165) is 16.7 Å². The Bertz CT molecular complexity index is 2500. The van der Waals surface area contributed by atoms with Crippen molar-refractivity contribution in [2.75, 3.05) is 0 Å². The molecule has 4 heteroatoms. The van der Waals surface area contributed by atoms with Gasteiger partial charge in [-0.2, -0.15) is 0 Å². The molecule has 61 heavy (non-hydrogen) atoms. The molecule has 4 nitrogen and oxygen atoms in total. The number of benzene rings is 3. The Labute approximate surface area is 367 Å². The summed E-state index contributed by atoms with van der Waals surface area (Å²) in [6, 6.07) is 19.2. The monoisotopic (exact) mass is 811 g/mol. The van der Waals surface area contributed by atoms with Crippen LogP contribution in [0.5, 0.6) is 0 Å². The molecular formula is C57H70N4. The van der Waals surface area contributed by atoms with Gasteiger partial charge in [-0.05, 0) is 151 Å². The normalized spacial score (nSPS) is 26.4. The van der Waals surface area contributed by atoms with Crippen molar-refractivity contribution in [1.29, 1.82) is 0 Å². The van der Waals surface area contributed by atoms with E-state index in [0.29, 0.717) is 34.8 Å². The number of rotatable bonds is 3. The molecule has 318 valence electrons. The number of allylic oxidation sites excluding steroid dienone is 4. The van der Waals surface area contributed by atoms with Crippen LogP contribution in [0.4, 0.5) is 0 Å². The minimum Gasteiger partial charge on any atom is -0.288 e. The Hall–Kier alpha value is -4.18. The molecule has 2 saturated carbocycles. The van der Waals surface area contributed by atoms with Gasteiger partial charge >= 0.3 is 0 Å². The molecule has 0 N–H and O–H groups in total. The van der Waals surface area contributed by atoms with Gasteiger partial charge in [-0.3, -0.25) is 4.99 Å². The van der Waals surface area contributed by atoms with Gasteiger partial charge in [0.05, 0.1) is 6.54 Å². The van der Waals surface area contributed by atoms with E-state index in [1.54, 1.807) is 11.1 Å². The number of fused-ring (bicyclic) bond motifs is 6. The van der Waals surface area contributed by atoms with E-state index in [-0.39, 0.29) is 32.5 Å². The van der Waals surface area contributed by atoms with E-state index in [9.17, 15) is 0 Å². The molecule has 0 radical (unpaired) electrons. The fourth-order valence-corrected chi connectivity index (χ4v) is 13.7. The van der Waals surface area contributed by atoms with Crippen LogP contribution >= 0.6 is 0 Å². The summed E-state index contributed by atoms with van der Waals surface area (Å²) < 4.78 is 0. The lowest BCUT2D eigenvalue weighted by atomic mass is 9.59. The predicted molar refractivity (Wildman–Crippen MR) is 256 cm³/mol. The van der Waals surface area contributed by atoms with Crippen LogP contribution in [0.15, 0.2) is 65.7 Å². The maximum absolute atomic E-state index is 5.36. The average Bonchev–Trinajstić information content (AvgIpc) is 4.00. The van der Waals surface area contributed by atoms with Crippen LogP contribution in [0.25, 0.3) is 33.9 Å². The largest absolute Gasteiger partial charge is 0.288 e. The van der Waals surface area contributed by atoms with Crippen molar-refractivity contribution in [1.82, 2.24) is 15.0 Å². The Morgan fingerprint density at radius 2 is 0.902 bits per heavy atom. The first-order valence-corrected chi connectivity index (χ1v) is 23.7. The number of hydrogen-bond donors (Lipinski definition) is 0. The standard InChI is InChI=1S/C57H70N4/c1-35-18-19-38(32-58-33-39-30-45-46(31-40(35)39)57(26-16-17-27-57)34-56(45)24-14-15-25-56)49-60-47(36-20-22-41-43(28-36)52(6,7)54(10,11)50(41,2)3)59-48(61-49)37-21-23-42-44(29-37)53(8,9)55(12,13)51(42,4)5/h18-23,28-32H,14-17,24-27,33-34H2,1-13H3/b35-18+,38-19+,58-32?. The smallest absolute Gasteiger partial charge is 0.165 e. The summed E-state index contributed by atoms with van der Waals surface area (Å²) in [5.41, 5.74) is 16.8. The Kier molecular flexibility index (Phi) is 8.67. The highest BCUT2D eigenvalue weighted by Crippen LogP contribution is 2.64. The summed E-state index contributed by atoms with van der Waals surface area (Å²) in [7, 11) is 0. The summed E-state index contributed by atoms with van der Waals surface area (Å²) in [6.07, 6.45) is 18.8. The van der Waals surface area contributed by atoms with Gasteiger partial charge in [-0.15, -0.1) is 0 Å². The quantitative estimate of drug-likeness (QED) is 0.207. The first-order chi connectivity index (χ1) is 28.6. The summed E-state index contributed by atoms with van der Waals surface area (Å²) in [5.74, 6) is 2.08. The lowest BCUT2D eigenvalue weighted by Gasteiger charge is -2.44. The SMILES string of the molecule is C/C1=C\C=C(\c2nc(-c3ccc4c(c3)C(C)(C)C(C)(C)C4(C)C)nc(-c3ccc4c(c3)C(C)(C)C(C)(C)C4(C)C)n2)C=NCc2cc3c(cc21)C1(CCCC1)CC31CCCC1. The maximum Gasteiger partial charge on any atom is 0.165 e. The third-order valence-corrected chi connectivity index (χ3v) is 20.0. The van der Waals surface area contributed by atoms with Crippen molar-refractivity contribution in [2.24, 2.45) is 15.8 Å². The fraction of sp³-hybridized carbons (Fsp3) is 0.544. The molecule has 0 saturated heterocycles. The number of aromatic nitrogens is 3. The average molecular weight is 811 g/mol. The number of nitrogens with zero attached hydrogens (tertiary/aromatic N) is 4. The van der Waals surface area contributed by atoms with Crippen molar-refractivity contribution in [3.8, 4) is 22.8 Å². The first kappa shape index (κ1) is 40.9. The van der Waals surface area contributed by atoms with E-state index in [1.165, 1.54) is 96.7 Å². The summed E-state index contributed by atoms with van der Waals surface area (Å²) in [4.78, 5) is 21.3. The van der Waals surface area contributed by atoms with E-state index in [1.807, 2.05) is 6.21 Å². The van der Waals surface area contributed by atoms with E-state index in [2.05, 4.69) is 151 Å². The van der Waals surface area contributed by atoms with Gasteiger partial charge < -0.3 is 0 Å². The molecular weight excluding hydrogens is 741 g/mol. The second-order valence-corrected chi connectivity index (χ2v) is 23.7. The Morgan fingerprint density at radius 3 is 1.39 bits per heavy atom. The van der Waals surface area contributed by atoms with Crippen molar-refractivity contribution in [2.45, 2.75) is 187 Å². The van der Waals surface area contributed by atoms with Gasteiger partial charge in [0.25, 0.3) is 0 Å². The first-order valence-electron chi connectivity index (χ1n) is 23.7. The van der Waals surface area contributed by atoms with Crippen LogP contribution in [0.2, 0.25) is 0 Å². The van der Waals surface area contributed by atoms with Gasteiger partial charge in [0.15, 0.2) is 17.5 Å². The molecule has 0 atom stereocenters. The summed E-state index contributed by atoms with van der Waals surface area (Å²) in [6.45, 7) is 31.9. The molecule has 2 fully saturated rings. The van der Waals surface area contributed by atoms with Crippen LogP contribution < -0.4 is 0 Å². The molecule has 2 heterocycles. The highest BCUT2D eigenvalue weighted by molar-refractivity contribution is 6.09. The van der Waals surface area contributed by atoms with Crippen molar-refractivity contribution in [3.63, 3.8) is 0 Å². The molecule has 1 aromatic heterocycles. The molecule has 0 amide bonds. The van der Waals surface area contributed by atoms with E-state index < -0.39 is 0 Å². The maximum atomic E-state index is 5.36. The lowest BCUT2D eigenvalue weighted by molar-refractivity contribution is 0.125. The van der Waals surface area contributed by atoms with Gasteiger partial charge in [-0.25, -0.2) is 15.0 Å². The zero-order chi connectivity index (χ0) is 43.3. The topological polar surface area (TPSA) is 51.0 Å². The van der Waals surface area contributed by atoms with Crippen molar-refractivity contribution in [3.05, 3.63) is 111 Å². The molecule has 1 aliphatic heterocycles. The Morgan fingerprint density at radius 1 is 0.459 bits per heavy atom. The van der Waals surface area contributed by atoms with Crippen LogP contribution in [0.1, 0.15) is 198 Å². The predicted octanol–water partition coefficient (Wildman–Crippen LogP) is 14.5. The van der Waals surface area contributed by atoms with Crippen LogP contribution in [-0.2, 0) is 39.0 Å². The van der Waals surface area contributed by atoms with Crippen molar-refractivity contribution < 1.29 is 0 Å². The highest BCUT2D eigenvalue weighted by Gasteiger charge is 2.58. The Balaban J connectivity index is 1.12. The molecule has 10 rings (SSSR count). The second kappa shape index (κ2) is 12.9. The summed E-state index contributed by atoms with van der Waals surface area (Å²) >= 11 is 0. The minimum absolute atomic E-state index is 0.0223. The molecule has 4 aromatic rings. The van der Waals surface area contributed by atoms with Gasteiger partial charge in [-0.1, -0.05) is 151 Å². The second-order valence-electron chi connectivity index (χ2n) is 23.7. The lowest BCUT2D eigenvalue weighted by Crippen LogP contribution is -2.42. The fourth-order valence-electron chi connectivity index (χ4n) is 13.7. The number of aliphatic imine (C=N–C) groups is 1. The third kappa shape index (κ3) is 5.41. The molecule has 3 aromatic carbocycles. The molecule has 6 aliphatic rings. The molecule has 2 spiro atoms. The molecule has 0 unspecified atom stereocenters. The van der Waals surface area contributed by atoms with Gasteiger partial charge in [0, 0.05) is 22.9 Å². The van der Waals surface area contributed by atoms with Crippen LogP contribution in [0, 0.1) is 10.8 Å². The zero-order valence-corrected chi connectivity index (χ0v) is 39.7. The summed E-state index contributed by atoms with van der Waals surface area (Å²) in [5, 5.41) is 0. The van der Waals surface area contributed by atoms with Gasteiger partial charge in [0.2, 0.25) is 0 Å². The van der Waals surface area contributed by atoms with E-state index in [4.69, 9.17) is 19.9 Å². The van der Waals surface area contributed by atoms with Crippen molar-refractivity contribution >= 4 is 17.4 Å². The van der Waals surface area contributed by atoms with Crippen LogP contribution in [-0.4, -0.2) is 21.2 Å². The number of hydrogen-bond acceptors (Lipinski definition) is 4. The van der Waals surface area contributed by atoms with E-state index >= 15 is 0 Å². The zero-order valence-electron chi connectivity index (χ0n) is 39.7. The van der Waals surface area contributed by atoms with Crippen LogP contribution in [0.3, 0.4) is 0 Å². The third-order valence-electron chi connectivity index (χ3n) is 20.0. The van der Waals surface area contributed by atoms with Gasteiger partial charge in [0.1, 0.15) is 0 Å².